The number of hydrogen-bond acceptors (Lipinski definition) is 3. The second kappa shape index (κ2) is 6.00. The zero-order valence-electron chi connectivity index (χ0n) is 11.1. The Balaban J connectivity index is 2.04. The lowest BCUT2D eigenvalue weighted by Crippen LogP contribution is -2.27. The number of aromatic nitrogens is 1. The van der Waals surface area contributed by atoms with E-state index in [4.69, 9.17) is 0 Å². The number of pyridine rings is 1. The Kier molecular flexibility index (Phi) is 4.13. The second-order valence-corrected chi connectivity index (χ2v) is 4.28. The molecule has 1 atom stereocenters. The molecular weight excluding hydrogens is 238 g/mol. The fraction of sp³-hybridized carbons (Fsp3) is 0.200. The molecule has 0 aliphatic carbocycles. The maximum Gasteiger partial charge on any atom is 0.251 e. The Morgan fingerprint density at radius 3 is 2.47 bits per heavy atom. The minimum Gasteiger partial charge on any atom is -0.388 e. The molecule has 0 bridgehead atoms. The normalized spacial score (nSPS) is 11.7. The molecule has 4 nitrogen and oxygen atoms in total. The highest BCUT2D eigenvalue weighted by Crippen LogP contribution is 2.12. The minimum absolute atomic E-state index is 0.0965. The van der Waals surface area contributed by atoms with E-state index in [2.05, 4.69) is 15.6 Å². The van der Waals surface area contributed by atoms with Crippen LogP contribution in [-0.2, 0) is 0 Å². The summed E-state index contributed by atoms with van der Waals surface area (Å²) in [6.07, 6.45) is 1.72. The number of nitrogens with zero attached hydrogens (tertiary/aromatic N) is 1. The number of rotatable bonds is 4. The van der Waals surface area contributed by atoms with Crippen LogP contribution in [0.2, 0.25) is 0 Å². The Hall–Kier alpha value is -2.36. The summed E-state index contributed by atoms with van der Waals surface area (Å²) in [5.74, 6) is -0.0965. The molecule has 0 spiro atoms. The van der Waals surface area contributed by atoms with Crippen LogP contribution in [0.5, 0.6) is 0 Å². The first-order chi connectivity index (χ1) is 9.20. The van der Waals surface area contributed by atoms with Crippen molar-refractivity contribution < 1.29 is 4.79 Å². The van der Waals surface area contributed by atoms with E-state index in [1.165, 1.54) is 0 Å². The van der Waals surface area contributed by atoms with Gasteiger partial charge in [0.1, 0.15) is 0 Å². The lowest BCUT2D eigenvalue weighted by Gasteiger charge is -2.13. The number of amides is 1. The zero-order chi connectivity index (χ0) is 13.7. The average Bonchev–Trinajstić information content (AvgIpc) is 2.48. The van der Waals surface area contributed by atoms with Gasteiger partial charge in [0.2, 0.25) is 0 Å². The van der Waals surface area contributed by atoms with Crippen LogP contribution < -0.4 is 10.6 Å². The van der Waals surface area contributed by atoms with Crippen molar-refractivity contribution in [3.8, 4) is 0 Å². The van der Waals surface area contributed by atoms with E-state index in [1.54, 1.807) is 18.3 Å². The van der Waals surface area contributed by atoms with Gasteiger partial charge in [-0.15, -0.1) is 0 Å². The van der Waals surface area contributed by atoms with Crippen molar-refractivity contribution in [2.45, 2.75) is 13.0 Å². The molecule has 0 aliphatic rings. The number of anilines is 1. The highest BCUT2D eigenvalue weighted by atomic mass is 16.1. The molecule has 1 aromatic carbocycles. The summed E-state index contributed by atoms with van der Waals surface area (Å²) in [5.41, 5.74) is 2.47. The third-order valence-corrected chi connectivity index (χ3v) is 2.91. The van der Waals surface area contributed by atoms with Gasteiger partial charge in [-0.2, -0.15) is 0 Å². The van der Waals surface area contributed by atoms with E-state index in [1.807, 2.05) is 44.3 Å². The topological polar surface area (TPSA) is 54.0 Å². The predicted molar refractivity (Wildman–Crippen MR) is 76.1 cm³/mol. The van der Waals surface area contributed by atoms with E-state index in [0.717, 1.165) is 11.4 Å². The van der Waals surface area contributed by atoms with Crippen LogP contribution in [0.25, 0.3) is 0 Å². The summed E-state index contributed by atoms with van der Waals surface area (Å²) in [6, 6.07) is 12.9. The molecule has 1 aromatic heterocycles. The van der Waals surface area contributed by atoms with E-state index in [-0.39, 0.29) is 11.9 Å². The van der Waals surface area contributed by atoms with Crippen molar-refractivity contribution in [3.05, 3.63) is 59.9 Å². The highest BCUT2D eigenvalue weighted by molar-refractivity contribution is 5.94. The molecule has 4 heteroatoms. The lowest BCUT2D eigenvalue weighted by molar-refractivity contribution is 0.0939. The van der Waals surface area contributed by atoms with Crippen LogP contribution in [0.15, 0.2) is 48.7 Å². The van der Waals surface area contributed by atoms with Gasteiger partial charge in [-0.25, -0.2) is 0 Å². The van der Waals surface area contributed by atoms with Gasteiger partial charge in [-0.3, -0.25) is 9.78 Å². The van der Waals surface area contributed by atoms with Crippen LogP contribution in [0.4, 0.5) is 5.69 Å². The first-order valence-corrected chi connectivity index (χ1v) is 6.20. The fourth-order valence-electron chi connectivity index (χ4n) is 1.77. The van der Waals surface area contributed by atoms with Crippen molar-refractivity contribution >= 4 is 11.6 Å². The molecular formula is C15H17N3O. The molecule has 2 aromatic rings. The molecule has 2 rings (SSSR count). The number of benzene rings is 1. The van der Waals surface area contributed by atoms with Gasteiger partial charge in [0, 0.05) is 24.5 Å². The van der Waals surface area contributed by atoms with Gasteiger partial charge in [-0.1, -0.05) is 6.07 Å². The van der Waals surface area contributed by atoms with Crippen molar-refractivity contribution in [1.82, 2.24) is 10.3 Å². The zero-order valence-corrected chi connectivity index (χ0v) is 11.1. The predicted octanol–water partition coefficient (Wildman–Crippen LogP) is 2.61. The first-order valence-electron chi connectivity index (χ1n) is 6.20. The third kappa shape index (κ3) is 3.31. The van der Waals surface area contributed by atoms with Gasteiger partial charge in [0.25, 0.3) is 5.91 Å². The van der Waals surface area contributed by atoms with E-state index < -0.39 is 0 Å². The molecule has 0 fully saturated rings. The largest absolute Gasteiger partial charge is 0.388 e. The molecule has 0 saturated carbocycles. The lowest BCUT2D eigenvalue weighted by atomic mass is 10.1. The van der Waals surface area contributed by atoms with E-state index in [0.29, 0.717) is 5.56 Å². The quantitative estimate of drug-likeness (QED) is 0.883. The molecule has 98 valence electrons. The van der Waals surface area contributed by atoms with Gasteiger partial charge in [0.05, 0.1) is 11.7 Å². The van der Waals surface area contributed by atoms with Gasteiger partial charge in [-0.05, 0) is 43.3 Å². The van der Waals surface area contributed by atoms with Crippen LogP contribution in [0.3, 0.4) is 0 Å². The summed E-state index contributed by atoms with van der Waals surface area (Å²) in [5, 5.41) is 5.95. The fourth-order valence-corrected chi connectivity index (χ4v) is 1.77. The van der Waals surface area contributed by atoms with Crippen LogP contribution >= 0.6 is 0 Å². The smallest absolute Gasteiger partial charge is 0.251 e. The summed E-state index contributed by atoms with van der Waals surface area (Å²) in [7, 11) is 1.85. The second-order valence-electron chi connectivity index (χ2n) is 4.28. The first kappa shape index (κ1) is 13.1. The van der Waals surface area contributed by atoms with Crippen LogP contribution in [-0.4, -0.2) is 17.9 Å². The van der Waals surface area contributed by atoms with Gasteiger partial charge < -0.3 is 10.6 Å². The molecule has 0 aliphatic heterocycles. The van der Waals surface area contributed by atoms with Gasteiger partial charge in [0.15, 0.2) is 0 Å². The molecule has 19 heavy (non-hydrogen) atoms. The van der Waals surface area contributed by atoms with Crippen LogP contribution in [0.1, 0.15) is 29.0 Å². The number of nitrogens with one attached hydrogen (secondary N) is 2. The Bertz CT molecular complexity index is 537. The van der Waals surface area contributed by atoms with Crippen molar-refractivity contribution in [2.75, 3.05) is 12.4 Å². The average molecular weight is 255 g/mol. The maximum absolute atomic E-state index is 12.1. The van der Waals surface area contributed by atoms with Crippen LogP contribution in [0, 0.1) is 0 Å². The van der Waals surface area contributed by atoms with Gasteiger partial charge >= 0.3 is 0 Å². The molecule has 2 N–H and O–H groups in total. The molecule has 1 heterocycles. The van der Waals surface area contributed by atoms with E-state index >= 15 is 0 Å². The summed E-state index contributed by atoms with van der Waals surface area (Å²) in [6.45, 7) is 1.92. The summed E-state index contributed by atoms with van der Waals surface area (Å²) in [4.78, 5) is 16.3. The number of carbonyl (C=O) groups excluding carboxylic acids is 1. The maximum atomic E-state index is 12.1. The third-order valence-electron chi connectivity index (χ3n) is 2.91. The Morgan fingerprint density at radius 1 is 1.16 bits per heavy atom. The molecule has 0 radical (unpaired) electrons. The standard InChI is InChI=1S/C15H17N3O/c1-11(14-5-3-4-10-17-14)18-15(19)12-6-8-13(16-2)9-7-12/h3-11,16H,1-2H3,(H,18,19). The van der Waals surface area contributed by atoms with Crippen molar-refractivity contribution in [3.63, 3.8) is 0 Å². The molecule has 0 saturated heterocycles. The van der Waals surface area contributed by atoms with E-state index in [9.17, 15) is 4.79 Å². The van der Waals surface area contributed by atoms with Crippen molar-refractivity contribution in [1.29, 1.82) is 0 Å². The summed E-state index contributed by atoms with van der Waals surface area (Å²) >= 11 is 0. The monoisotopic (exact) mass is 255 g/mol. The molecule has 1 amide bonds. The molecule has 1 unspecified atom stereocenters. The Labute approximate surface area is 112 Å². The Morgan fingerprint density at radius 2 is 1.89 bits per heavy atom. The highest BCUT2D eigenvalue weighted by Gasteiger charge is 2.11. The van der Waals surface area contributed by atoms with Crippen molar-refractivity contribution in [2.24, 2.45) is 0 Å². The minimum atomic E-state index is -0.113. The number of carbonyl (C=O) groups is 1. The summed E-state index contributed by atoms with van der Waals surface area (Å²) < 4.78 is 0. The SMILES string of the molecule is CNc1ccc(C(=O)NC(C)c2ccccn2)cc1. The number of hydrogen-bond donors (Lipinski definition) is 2.